The van der Waals surface area contributed by atoms with E-state index in [0.717, 1.165) is 17.8 Å². The van der Waals surface area contributed by atoms with Crippen LogP contribution in [0.25, 0.3) is 0 Å². The highest BCUT2D eigenvalue weighted by molar-refractivity contribution is 5.84. The minimum Gasteiger partial charge on any atom is -0.467 e. The average molecular weight is 294 g/mol. The number of hydrogen-bond acceptors (Lipinski definition) is 4. The average Bonchev–Trinajstić information content (AvgIpc) is 3.28. The van der Waals surface area contributed by atoms with Crippen molar-refractivity contribution < 1.29 is 9.53 Å². The number of rotatable bonds is 3. The quantitative estimate of drug-likeness (QED) is 0.816. The fourth-order valence-corrected chi connectivity index (χ4v) is 3.57. The van der Waals surface area contributed by atoms with Gasteiger partial charge in [-0.15, -0.1) is 0 Å². The van der Waals surface area contributed by atoms with Gasteiger partial charge in [0.05, 0.1) is 7.11 Å². The molecular formula is C18H18N2O2. The van der Waals surface area contributed by atoms with E-state index in [1.54, 1.807) is 12.4 Å². The first-order chi connectivity index (χ1) is 10.7. The minimum absolute atomic E-state index is 0.236. The van der Waals surface area contributed by atoms with Crippen molar-refractivity contribution in [1.82, 2.24) is 4.98 Å². The van der Waals surface area contributed by atoms with E-state index in [1.807, 2.05) is 18.2 Å². The summed E-state index contributed by atoms with van der Waals surface area (Å²) in [4.78, 5) is 18.8. The molecule has 1 saturated carbocycles. The van der Waals surface area contributed by atoms with Crippen LogP contribution in [0.15, 0.2) is 48.8 Å². The number of esters is 1. The summed E-state index contributed by atoms with van der Waals surface area (Å²) >= 11 is 0. The zero-order valence-electron chi connectivity index (χ0n) is 12.5. The van der Waals surface area contributed by atoms with Crippen LogP contribution in [-0.2, 0) is 14.9 Å². The number of ether oxygens (including phenoxy) is 1. The smallest absolute Gasteiger partial charge is 0.333 e. The first-order valence-corrected chi connectivity index (χ1v) is 7.59. The Morgan fingerprint density at radius 2 is 2.09 bits per heavy atom. The van der Waals surface area contributed by atoms with E-state index in [1.165, 1.54) is 25.5 Å². The standard InChI is InChI=1S/C18H18N2O2/c1-22-17(21)16(13-5-4-10-19-11-13)20-12-18(8-9-18)14-6-2-3-7-15(14)20/h2-7,10-11,16H,8-9,12H2,1H3. The molecule has 0 bridgehead atoms. The molecule has 0 saturated heterocycles. The first kappa shape index (κ1) is 13.3. The molecule has 22 heavy (non-hydrogen) atoms. The number of benzene rings is 1. The van der Waals surface area contributed by atoms with Gasteiger partial charge >= 0.3 is 5.97 Å². The zero-order valence-corrected chi connectivity index (χ0v) is 12.5. The van der Waals surface area contributed by atoms with E-state index < -0.39 is 6.04 Å². The highest BCUT2D eigenvalue weighted by Crippen LogP contribution is 2.57. The number of carbonyl (C=O) groups is 1. The Balaban J connectivity index is 1.80. The SMILES string of the molecule is COC(=O)C(c1cccnc1)N1CC2(CC2)c2ccccc21. The molecule has 4 rings (SSSR count). The molecule has 1 fully saturated rings. The van der Waals surface area contributed by atoms with Gasteiger partial charge in [0.1, 0.15) is 0 Å². The molecule has 0 N–H and O–H groups in total. The van der Waals surface area contributed by atoms with Gasteiger partial charge in [-0.3, -0.25) is 4.98 Å². The molecule has 4 nitrogen and oxygen atoms in total. The van der Waals surface area contributed by atoms with Crippen LogP contribution in [0.4, 0.5) is 5.69 Å². The van der Waals surface area contributed by atoms with Crippen molar-refractivity contribution in [2.45, 2.75) is 24.3 Å². The van der Waals surface area contributed by atoms with Gasteiger partial charge in [0.25, 0.3) is 0 Å². The molecule has 2 aromatic rings. The predicted octanol–water partition coefficient (Wildman–Crippen LogP) is 2.85. The number of fused-ring (bicyclic) bond motifs is 2. The first-order valence-electron chi connectivity index (χ1n) is 7.59. The maximum absolute atomic E-state index is 12.4. The lowest BCUT2D eigenvalue weighted by molar-refractivity contribution is -0.142. The lowest BCUT2D eigenvalue weighted by atomic mass is 9.99. The Kier molecular flexibility index (Phi) is 2.93. The van der Waals surface area contributed by atoms with Crippen molar-refractivity contribution >= 4 is 11.7 Å². The number of hydrogen-bond donors (Lipinski definition) is 0. The van der Waals surface area contributed by atoms with Crippen molar-refractivity contribution in [3.05, 3.63) is 59.9 Å². The largest absolute Gasteiger partial charge is 0.467 e. The van der Waals surface area contributed by atoms with Gasteiger partial charge in [-0.05, 0) is 30.5 Å². The number of aromatic nitrogens is 1. The van der Waals surface area contributed by atoms with Crippen LogP contribution in [0.2, 0.25) is 0 Å². The third kappa shape index (κ3) is 1.90. The van der Waals surface area contributed by atoms with Crippen molar-refractivity contribution in [2.75, 3.05) is 18.6 Å². The Bertz CT molecular complexity index is 710. The fraction of sp³-hybridized carbons (Fsp3) is 0.333. The minimum atomic E-state index is -0.431. The molecule has 1 aromatic heterocycles. The molecule has 1 aliphatic heterocycles. The number of pyridine rings is 1. The van der Waals surface area contributed by atoms with E-state index in [2.05, 4.69) is 28.1 Å². The summed E-state index contributed by atoms with van der Waals surface area (Å²) in [7, 11) is 1.45. The van der Waals surface area contributed by atoms with Crippen LogP contribution in [0, 0.1) is 0 Å². The van der Waals surface area contributed by atoms with E-state index in [-0.39, 0.29) is 11.4 Å². The van der Waals surface area contributed by atoms with E-state index >= 15 is 0 Å². The summed E-state index contributed by atoms with van der Waals surface area (Å²) in [5.74, 6) is -0.236. The molecule has 2 aliphatic rings. The summed E-state index contributed by atoms with van der Waals surface area (Å²) in [6.45, 7) is 0.876. The van der Waals surface area contributed by atoms with E-state index in [4.69, 9.17) is 4.74 Å². The molecule has 1 unspecified atom stereocenters. The van der Waals surface area contributed by atoms with Gasteiger partial charge in [-0.1, -0.05) is 24.3 Å². The third-order valence-corrected chi connectivity index (χ3v) is 4.85. The maximum Gasteiger partial charge on any atom is 0.333 e. The molecule has 1 spiro atoms. The molecule has 1 aromatic carbocycles. The van der Waals surface area contributed by atoms with Gasteiger partial charge in [0.15, 0.2) is 6.04 Å². The summed E-state index contributed by atoms with van der Waals surface area (Å²) in [5, 5.41) is 0. The predicted molar refractivity (Wildman–Crippen MR) is 83.7 cm³/mol. The monoisotopic (exact) mass is 294 g/mol. The summed E-state index contributed by atoms with van der Waals surface area (Å²) < 4.78 is 5.07. The van der Waals surface area contributed by atoms with Gasteiger partial charge in [0, 0.05) is 35.6 Å². The summed E-state index contributed by atoms with van der Waals surface area (Å²) in [5.41, 5.74) is 3.64. The molecule has 0 amide bonds. The topological polar surface area (TPSA) is 42.4 Å². The molecule has 112 valence electrons. The second-order valence-corrected chi connectivity index (χ2v) is 6.14. The number of anilines is 1. The highest BCUT2D eigenvalue weighted by Gasteiger charge is 2.53. The second-order valence-electron chi connectivity index (χ2n) is 6.14. The Labute approximate surface area is 129 Å². The van der Waals surface area contributed by atoms with E-state index in [0.29, 0.717) is 0 Å². The van der Waals surface area contributed by atoms with Crippen molar-refractivity contribution in [3.8, 4) is 0 Å². The van der Waals surface area contributed by atoms with Gasteiger partial charge in [-0.2, -0.15) is 0 Å². The van der Waals surface area contributed by atoms with Crippen LogP contribution in [0.3, 0.4) is 0 Å². The van der Waals surface area contributed by atoms with Crippen LogP contribution < -0.4 is 4.90 Å². The number of carbonyl (C=O) groups excluding carboxylic acids is 1. The van der Waals surface area contributed by atoms with Crippen molar-refractivity contribution in [2.24, 2.45) is 0 Å². The van der Waals surface area contributed by atoms with Gasteiger partial charge in [0.2, 0.25) is 0 Å². The Morgan fingerprint density at radius 1 is 1.27 bits per heavy atom. The molecule has 2 heterocycles. The third-order valence-electron chi connectivity index (χ3n) is 4.85. The molecular weight excluding hydrogens is 276 g/mol. The van der Waals surface area contributed by atoms with Crippen LogP contribution in [-0.4, -0.2) is 24.6 Å². The Morgan fingerprint density at radius 3 is 2.77 bits per heavy atom. The normalized spacial score (nSPS) is 18.9. The lowest BCUT2D eigenvalue weighted by Gasteiger charge is -2.28. The van der Waals surface area contributed by atoms with Gasteiger partial charge in [-0.25, -0.2) is 4.79 Å². The van der Waals surface area contributed by atoms with Crippen LogP contribution >= 0.6 is 0 Å². The molecule has 1 aliphatic carbocycles. The van der Waals surface area contributed by atoms with Crippen LogP contribution in [0.1, 0.15) is 30.0 Å². The zero-order chi connectivity index (χ0) is 15.2. The number of nitrogens with zero attached hydrogens (tertiary/aromatic N) is 2. The highest BCUT2D eigenvalue weighted by atomic mass is 16.5. The lowest BCUT2D eigenvalue weighted by Crippen LogP contribution is -2.35. The van der Waals surface area contributed by atoms with Gasteiger partial charge < -0.3 is 9.64 Å². The van der Waals surface area contributed by atoms with Crippen molar-refractivity contribution in [3.63, 3.8) is 0 Å². The Hall–Kier alpha value is -2.36. The number of methoxy groups -OCH3 is 1. The maximum atomic E-state index is 12.4. The fourth-order valence-electron chi connectivity index (χ4n) is 3.57. The molecule has 0 radical (unpaired) electrons. The number of para-hydroxylation sites is 1. The molecule has 4 heteroatoms. The molecule has 1 atom stereocenters. The summed E-state index contributed by atoms with van der Waals surface area (Å²) in [6.07, 6.45) is 5.86. The summed E-state index contributed by atoms with van der Waals surface area (Å²) in [6, 6.07) is 11.8. The van der Waals surface area contributed by atoms with E-state index in [9.17, 15) is 4.79 Å². The van der Waals surface area contributed by atoms with Crippen LogP contribution in [0.5, 0.6) is 0 Å². The second kappa shape index (κ2) is 4.83. The van der Waals surface area contributed by atoms with Crippen molar-refractivity contribution in [1.29, 1.82) is 0 Å².